The van der Waals surface area contributed by atoms with Gasteiger partial charge in [-0.1, -0.05) is 11.6 Å². The van der Waals surface area contributed by atoms with Crippen molar-refractivity contribution in [3.05, 3.63) is 39.5 Å². The number of ether oxygens (including phenoxy) is 2. The molecule has 19 heavy (non-hydrogen) atoms. The first-order chi connectivity index (χ1) is 9.15. The third-order valence-electron chi connectivity index (χ3n) is 2.48. The lowest BCUT2D eigenvalue weighted by atomic mass is 10.2. The summed E-state index contributed by atoms with van der Waals surface area (Å²) >= 11 is 7.21. The number of nitrogens with one attached hydrogen (secondary N) is 1. The van der Waals surface area contributed by atoms with Crippen LogP contribution in [0.5, 0.6) is 11.5 Å². The minimum Gasteiger partial charge on any atom is -0.497 e. The molecule has 4 nitrogen and oxygen atoms in total. The van der Waals surface area contributed by atoms with E-state index in [1.54, 1.807) is 36.8 Å². The molecule has 0 bridgehead atoms. The van der Waals surface area contributed by atoms with Crippen LogP contribution < -0.4 is 14.8 Å². The monoisotopic (exact) mass is 297 g/mol. The number of hydrogen-bond donors (Lipinski definition) is 1. The zero-order valence-corrected chi connectivity index (χ0v) is 12.0. The SMILES string of the molecule is COc1ccc(NC(=O)c2sccc2Cl)c(OC)c1. The zero-order valence-electron chi connectivity index (χ0n) is 10.4. The molecular formula is C13H12ClNO3S. The highest BCUT2D eigenvalue weighted by molar-refractivity contribution is 7.12. The van der Waals surface area contributed by atoms with Gasteiger partial charge >= 0.3 is 0 Å². The summed E-state index contributed by atoms with van der Waals surface area (Å²) in [5, 5.41) is 4.97. The molecular weight excluding hydrogens is 286 g/mol. The first-order valence-electron chi connectivity index (χ1n) is 5.42. The maximum atomic E-state index is 12.0. The second kappa shape index (κ2) is 5.95. The van der Waals surface area contributed by atoms with Crippen LogP contribution in [0.3, 0.4) is 0 Å². The maximum absolute atomic E-state index is 12.0. The molecule has 0 aliphatic heterocycles. The Kier molecular flexibility index (Phi) is 4.29. The number of methoxy groups -OCH3 is 2. The molecule has 1 N–H and O–H groups in total. The Morgan fingerprint density at radius 1 is 1.26 bits per heavy atom. The fourth-order valence-electron chi connectivity index (χ4n) is 1.54. The van der Waals surface area contributed by atoms with Gasteiger partial charge in [-0.3, -0.25) is 4.79 Å². The number of carbonyl (C=O) groups excluding carboxylic acids is 1. The number of thiophene rings is 1. The van der Waals surface area contributed by atoms with Crippen molar-refractivity contribution in [1.82, 2.24) is 0 Å². The largest absolute Gasteiger partial charge is 0.497 e. The van der Waals surface area contributed by atoms with Gasteiger partial charge in [0.25, 0.3) is 5.91 Å². The average Bonchev–Trinajstić information content (AvgIpc) is 2.85. The van der Waals surface area contributed by atoms with Gasteiger partial charge in [0.2, 0.25) is 0 Å². The molecule has 1 amide bonds. The van der Waals surface area contributed by atoms with Crippen LogP contribution in [-0.4, -0.2) is 20.1 Å². The Hall–Kier alpha value is -1.72. The first kappa shape index (κ1) is 13.7. The number of anilines is 1. The molecule has 1 aromatic heterocycles. The lowest BCUT2D eigenvalue weighted by Crippen LogP contribution is -2.11. The molecule has 0 aliphatic rings. The van der Waals surface area contributed by atoms with Crippen molar-refractivity contribution < 1.29 is 14.3 Å². The van der Waals surface area contributed by atoms with Gasteiger partial charge in [-0.2, -0.15) is 0 Å². The molecule has 0 saturated carbocycles. The Balaban J connectivity index is 2.24. The van der Waals surface area contributed by atoms with E-state index in [1.807, 2.05) is 0 Å². The van der Waals surface area contributed by atoms with Crippen LogP contribution in [0, 0.1) is 0 Å². The number of amides is 1. The fraction of sp³-hybridized carbons (Fsp3) is 0.154. The molecule has 0 spiro atoms. The van der Waals surface area contributed by atoms with Crippen molar-refractivity contribution in [2.24, 2.45) is 0 Å². The summed E-state index contributed by atoms with van der Waals surface area (Å²) in [6.45, 7) is 0. The van der Waals surface area contributed by atoms with Gasteiger partial charge in [-0.05, 0) is 23.6 Å². The zero-order chi connectivity index (χ0) is 13.8. The summed E-state index contributed by atoms with van der Waals surface area (Å²) < 4.78 is 10.3. The van der Waals surface area contributed by atoms with E-state index in [4.69, 9.17) is 21.1 Å². The molecule has 2 rings (SSSR count). The van der Waals surface area contributed by atoms with E-state index >= 15 is 0 Å². The quantitative estimate of drug-likeness (QED) is 0.936. The van der Waals surface area contributed by atoms with Crippen LogP contribution in [0.2, 0.25) is 5.02 Å². The molecule has 0 saturated heterocycles. The first-order valence-corrected chi connectivity index (χ1v) is 6.68. The van der Waals surface area contributed by atoms with Crippen molar-refractivity contribution in [1.29, 1.82) is 0 Å². The van der Waals surface area contributed by atoms with Gasteiger partial charge < -0.3 is 14.8 Å². The molecule has 1 heterocycles. The predicted octanol–water partition coefficient (Wildman–Crippen LogP) is 3.67. The highest BCUT2D eigenvalue weighted by atomic mass is 35.5. The predicted molar refractivity (Wildman–Crippen MR) is 76.8 cm³/mol. The summed E-state index contributed by atoms with van der Waals surface area (Å²) in [5.41, 5.74) is 0.567. The van der Waals surface area contributed by atoms with E-state index in [-0.39, 0.29) is 5.91 Å². The molecule has 0 radical (unpaired) electrons. The molecule has 0 aliphatic carbocycles. The lowest BCUT2D eigenvalue weighted by Gasteiger charge is -2.11. The molecule has 1 aromatic carbocycles. The topological polar surface area (TPSA) is 47.6 Å². The minimum atomic E-state index is -0.261. The van der Waals surface area contributed by atoms with Gasteiger partial charge in [-0.15, -0.1) is 11.3 Å². The third kappa shape index (κ3) is 3.00. The van der Waals surface area contributed by atoms with Gasteiger partial charge in [0.15, 0.2) is 0 Å². The third-order valence-corrected chi connectivity index (χ3v) is 3.82. The Bertz CT molecular complexity index is 597. The average molecular weight is 298 g/mol. The fourth-order valence-corrected chi connectivity index (χ4v) is 2.57. The highest BCUT2D eigenvalue weighted by Crippen LogP contribution is 2.30. The van der Waals surface area contributed by atoms with E-state index in [0.717, 1.165) is 0 Å². The van der Waals surface area contributed by atoms with E-state index in [2.05, 4.69) is 5.32 Å². The molecule has 0 atom stereocenters. The summed E-state index contributed by atoms with van der Waals surface area (Å²) in [5.74, 6) is 0.924. The number of hydrogen-bond acceptors (Lipinski definition) is 4. The summed E-state index contributed by atoms with van der Waals surface area (Å²) in [4.78, 5) is 12.5. The van der Waals surface area contributed by atoms with Crippen molar-refractivity contribution in [3.8, 4) is 11.5 Å². The molecule has 0 fully saturated rings. The van der Waals surface area contributed by atoms with Gasteiger partial charge in [0.05, 0.1) is 24.9 Å². The highest BCUT2D eigenvalue weighted by Gasteiger charge is 2.14. The molecule has 2 aromatic rings. The van der Waals surface area contributed by atoms with Crippen molar-refractivity contribution in [3.63, 3.8) is 0 Å². The maximum Gasteiger partial charge on any atom is 0.267 e. The number of halogens is 1. The lowest BCUT2D eigenvalue weighted by molar-refractivity contribution is 0.103. The Morgan fingerprint density at radius 3 is 2.63 bits per heavy atom. The standard InChI is InChI=1S/C13H12ClNO3S/c1-17-8-3-4-10(11(7-8)18-2)15-13(16)12-9(14)5-6-19-12/h3-7H,1-2H3,(H,15,16). The van der Waals surface area contributed by atoms with Crippen LogP contribution in [0.15, 0.2) is 29.6 Å². The van der Waals surface area contributed by atoms with E-state index < -0.39 is 0 Å². The number of benzene rings is 1. The van der Waals surface area contributed by atoms with Crippen LogP contribution in [0.25, 0.3) is 0 Å². The van der Waals surface area contributed by atoms with Gasteiger partial charge in [0, 0.05) is 6.07 Å². The molecule has 0 unspecified atom stereocenters. The van der Waals surface area contributed by atoms with Gasteiger partial charge in [-0.25, -0.2) is 0 Å². The summed E-state index contributed by atoms with van der Waals surface area (Å²) in [7, 11) is 3.10. The number of carbonyl (C=O) groups is 1. The van der Waals surface area contributed by atoms with Crippen LogP contribution >= 0.6 is 22.9 Å². The molecule has 6 heteroatoms. The Morgan fingerprint density at radius 2 is 2.05 bits per heavy atom. The van der Waals surface area contributed by atoms with Gasteiger partial charge in [0.1, 0.15) is 16.4 Å². The van der Waals surface area contributed by atoms with E-state index in [0.29, 0.717) is 27.1 Å². The van der Waals surface area contributed by atoms with E-state index in [9.17, 15) is 4.79 Å². The second-order valence-electron chi connectivity index (χ2n) is 3.62. The summed E-state index contributed by atoms with van der Waals surface area (Å²) in [6, 6.07) is 6.85. The van der Waals surface area contributed by atoms with Crippen LogP contribution in [0.1, 0.15) is 9.67 Å². The number of rotatable bonds is 4. The minimum absolute atomic E-state index is 0.261. The molecule has 100 valence electrons. The van der Waals surface area contributed by atoms with Crippen molar-refractivity contribution in [2.75, 3.05) is 19.5 Å². The summed E-state index contributed by atoms with van der Waals surface area (Å²) in [6.07, 6.45) is 0. The van der Waals surface area contributed by atoms with Crippen molar-refractivity contribution >= 4 is 34.5 Å². The van der Waals surface area contributed by atoms with Crippen LogP contribution in [0.4, 0.5) is 5.69 Å². The van der Waals surface area contributed by atoms with E-state index in [1.165, 1.54) is 18.4 Å². The normalized spacial score (nSPS) is 10.1. The van der Waals surface area contributed by atoms with Crippen molar-refractivity contribution in [2.45, 2.75) is 0 Å². The smallest absolute Gasteiger partial charge is 0.267 e. The van der Waals surface area contributed by atoms with Crippen LogP contribution in [-0.2, 0) is 0 Å². The Labute approximate surface area is 119 Å². The second-order valence-corrected chi connectivity index (χ2v) is 4.94.